The minimum atomic E-state index is -0.516. The zero-order valence-electron chi connectivity index (χ0n) is 17.7. The lowest BCUT2D eigenvalue weighted by atomic mass is 10.1. The standard InChI is InChI=1S/C24H32O5/c1-5-6-7-10-15-27-22-13-14-23(21-12-9-8-11-20(21)22)28-17-19(16-26-4)29-24(25)18(2)3/h8-9,11-14,19H,2,5-7,10,15-17H2,1,3-4H3. The lowest BCUT2D eigenvalue weighted by Gasteiger charge is -2.19. The second-order valence-corrected chi connectivity index (χ2v) is 7.09. The van der Waals surface area contributed by atoms with Crippen molar-refractivity contribution in [2.24, 2.45) is 0 Å². The molecule has 2 rings (SSSR count). The average Bonchev–Trinajstić information content (AvgIpc) is 2.72. The Morgan fingerprint density at radius 2 is 1.62 bits per heavy atom. The van der Waals surface area contributed by atoms with Crippen LogP contribution in [0, 0.1) is 0 Å². The number of methoxy groups -OCH3 is 1. The molecule has 0 aromatic heterocycles. The molecule has 158 valence electrons. The summed E-state index contributed by atoms with van der Waals surface area (Å²) in [5, 5.41) is 1.96. The monoisotopic (exact) mass is 400 g/mol. The third-order valence-corrected chi connectivity index (χ3v) is 4.50. The van der Waals surface area contributed by atoms with E-state index < -0.39 is 12.1 Å². The van der Waals surface area contributed by atoms with Gasteiger partial charge in [0.2, 0.25) is 0 Å². The van der Waals surface area contributed by atoms with Crippen molar-refractivity contribution in [3.63, 3.8) is 0 Å². The number of esters is 1. The Morgan fingerprint density at radius 1 is 0.966 bits per heavy atom. The van der Waals surface area contributed by atoms with Crippen molar-refractivity contribution >= 4 is 16.7 Å². The quantitative estimate of drug-likeness (QED) is 0.259. The van der Waals surface area contributed by atoms with Crippen LogP contribution in [0.4, 0.5) is 0 Å². The normalized spacial score (nSPS) is 11.8. The first kappa shape index (κ1) is 22.8. The maximum Gasteiger partial charge on any atom is 0.333 e. The first-order valence-electron chi connectivity index (χ1n) is 10.2. The summed E-state index contributed by atoms with van der Waals surface area (Å²) in [4.78, 5) is 11.8. The number of carbonyl (C=O) groups excluding carboxylic acids is 1. The fraction of sp³-hybridized carbons (Fsp3) is 0.458. The summed E-state index contributed by atoms with van der Waals surface area (Å²) >= 11 is 0. The van der Waals surface area contributed by atoms with Gasteiger partial charge in [-0.2, -0.15) is 0 Å². The van der Waals surface area contributed by atoms with Crippen molar-refractivity contribution in [2.45, 2.75) is 45.6 Å². The second kappa shape index (κ2) is 12.1. The van der Waals surface area contributed by atoms with Crippen LogP contribution in [0.25, 0.3) is 10.8 Å². The van der Waals surface area contributed by atoms with Crippen molar-refractivity contribution < 1.29 is 23.7 Å². The van der Waals surface area contributed by atoms with Gasteiger partial charge in [0.1, 0.15) is 18.1 Å². The van der Waals surface area contributed by atoms with Gasteiger partial charge >= 0.3 is 5.97 Å². The largest absolute Gasteiger partial charge is 0.493 e. The van der Waals surface area contributed by atoms with Gasteiger partial charge in [0.15, 0.2) is 6.10 Å². The van der Waals surface area contributed by atoms with Crippen LogP contribution in [0.5, 0.6) is 11.5 Å². The number of rotatable bonds is 13. The van der Waals surface area contributed by atoms with Crippen LogP contribution in [0.1, 0.15) is 39.5 Å². The number of unbranched alkanes of at least 4 members (excludes halogenated alkanes) is 3. The number of ether oxygens (including phenoxy) is 4. The summed E-state index contributed by atoms with van der Waals surface area (Å²) < 4.78 is 22.5. The molecule has 0 spiro atoms. The molecule has 0 fully saturated rings. The van der Waals surface area contributed by atoms with E-state index in [1.165, 1.54) is 19.3 Å². The van der Waals surface area contributed by atoms with Crippen LogP contribution >= 0.6 is 0 Å². The lowest BCUT2D eigenvalue weighted by molar-refractivity contribution is -0.148. The van der Waals surface area contributed by atoms with E-state index in [1.54, 1.807) is 14.0 Å². The van der Waals surface area contributed by atoms with E-state index in [0.717, 1.165) is 22.9 Å². The van der Waals surface area contributed by atoms with E-state index in [9.17, 15) is 4.79 Å². The molecule has 29 heavy (non-hydrogen) atoms. The average molecular weight is 401 g/mol. The van der Waals surface area contributed by atoms with E-state index in [2.05, 4.69) is 13.5 Å². The van der Waals surface area contributed by atoms with Gasteiger partial charge in [0.05, 0.1) is 13.2 Å². The first-order valence-corrected chi connectivity index (χ1v) is 10.2. The highest BCUT2D eigenvalue weighted by molar-refractivity contribution is 5.93. The Morgan fingerprint density at radius 3 is 2.21 bits per heavy atom. The third kappa shape index (κ3) is 7.09. The van der Waals surface area contributed by atoms with Gasteiger partial charge in [-0.15, -0.1) is 0 Å². The summed E-state index contributed by atoms with van der Waals surface area (Å²) in [6.45, 7) is 8.56. The van der Waals surface area contributed by atoms with Gasteiger partial charge in [-0.25, -0.2) is 4.79 Å². The van der Waals surface area contributed by atoms with E-state index >= 15 is 0 Å². The van der Waals surface area contributed by atoms with Crippen LogP contribution in [-0.2, 0) is 14.3 Å². The SMILES string of the molecule is C=C(C)C(=O)OC(COC)COc1ccc(OCCCCCC)c2ccccc12. The molecule has 1 unspecified atom stereocenters. The van der Waals surface area contributed by atoms with E-state index in [0.29, 0.717) is 17.9 Å². The van der Waals surface area contributed by atoms with E-state index in [4.69, 9.17) is 18.9 Å². The third-order valence-electron chi connectivity index (χ3n) is 4.50. The maximum atomic E-state index is 11.8. The maximum absolute atomic E-state index is 11.8. The van der Waals surface area contributed by atoms with Crippen molar-refractivity contribution in [2.75, 3.05) is 26.9 Å². The molecule has 0 bridgehead atoms. The van der Waals surface area contributed by atoms with E-state index in [1.807, 2.05) is 36.4 Å². The molecule has 0 aliphatic heterocycles. The summed E-state index contributed by atoms with van der Waals surface area (Å²) in [6, 6.07) is 11.8. The highest BCUT2D eigenvalue weighted by atomic mass is 16.6. The minimum Gasteiger partial charge on any atom is -0.493 e. The Hall–Kier alpha value is -2.53. The number of hydrogen-bond acceptors (Lipinski definition) is 5. The predicted octanol–water partition coefficient (Wildman–Crippen LogP) is 5.31. The van der Waals surface area contributed by atoms with Gasteiger partial charge in [0, 0.05) is 23.5 Å². The fourth-order valence-corrected chi connectivity index (χ4v) is 2.94. The van der Waals surface area contributed by atoms with Gasteiger partial charge in [0.25, 0.3) is 0 Å². The molecular weight excluding hydrogens is 368 g/mol. The summed E-state index contributed by atoms with van der Waals surface area (Å²) in [5.74, 6) is 1.12. The Bertz CT molecular complexity index is 799. The van der Waals surface area contributed by atoms with Gasteiger partial charge in [-0.05, 0) is 25.5 Å². The minimum absolute atomic E-state index is 0.189. The highest BCUT2D eigenvalue weighted by Crippen LogP contribution is 2.33. The van der Waals surface area contributed by atoms with Gasteiger partial charge in [-0.1, -0.05) is 57.0 Å². The Kier molecular flexibility index (Phi) is 9.51. The predicted molar refractivity (Wildman–Crippen MR) is 116 cm³/mol. The molecule has 0 aliphatic carbocycles. The second-order valence-electron chi connectivity index (χ2n) is 7.09. The molecule has 5 nitrogen and oxygen atoms in total. The summed E-state index contributed by atoms with van der Waals surface area (Å²) in [5.41, 5.74) is 0.344. The van der Waals surface area contributed by atoms with Crippen molar-refractivity contribution in [3.05, 3.63) is 48.6 Å². The summed E-state index contributed by atoms with van der Waals surface area (Å²) in [7, 11) is 1.56. The molecule has 0 radical (unpaired) electrons. The van der Waals surface area contributed by atoms with Crippen LogP contribution in [0.2, 0.25) is 0 Å². The molecule has 1 atom stereocenters. The molecule has 2 aromatic rings. The van der Waals surface area contributed by atoms with Gasteiger partial charge in [-0.3, -0.25) is 0 Å². The zero-order valence-corrected chi connectivity index (χ0v) is 17.7. The molecule has 5 heteroatoms. The number of hydrogen-bond donors (Lipinski definition) is 0. The van der Waals surface area contributed by atoms with Crippen LogP contribution in [0.3, 0.4) is 0 Å². The van der Waals surface area contributed by atoms with Crippen LogP contribution in [-0.4, -0.2) is 39.0 Å². The van der Waals surface area contributed by atoms with Crippen molar-refractivity contribution in [1.82, 2.24) is 0 Å². The Balaban J connectivity index is 2.07. The molecule has 0 N–H and O–H groups in total. The van der Waals surface area contributed by atoms with Crippen LogP contribution < -0.4 is 9.47 Å². The number of fused-ring (bicyclic) bond motifs is 1. The molecule has 0 heterocycles. The number of benzene rings is 2. The lowest BCUT2D eigenvalue weighted by Crippen LogP contribution is -2.29. The van der Waals surface area contributed by atoms with Crippen LogP contribution in [0.15, 0.2) is 48.6 Å². The molecule has 2 aromatic carbocycles. The topological polar surface area (TPSA) is 54.0 Å². The first-order chi connectivity index (χ1) is 14.1. The zero-order chi connectivity index (χ0) is 21.1. The molecule has 0 amide bonds. The van der Waals surface area contributed by atoms with E-state index in [-0.39, 0.29) is 13.2 Å². The van der Waals surface area contributed by atoms with Gasteiger partial charge < -0.3 is 18.9 Å². The highest BCUT2D eigenvalue weighted by Gasteiger charge is 2.17. The smallest absolute Gasteiger partial charge is 0.333 e. The Labute approximate surface area is 173 Å². The fourth-order valence-electron chi connectivity index (χ4n) is 2.94. The molecular formula is C24H32O5. The summed E-state index contributed by atoms with van der Waals surface area (Å²) in [6.07, 6.45) is 4.15. The molecule has 0 saturated carbocycles. The van der Waals surface area contributed by atoms with Crippen molar-refractivity contribution in [1.29, 1.82) is 0 Å². The molecule has 0 aliphatic rings. The molecule has 0 saturated heterocycles. The number of carbonyl (C=O) groups is 1. The van der Waals surface area contributed by atoms with Crippen molar-refractivity contribution in [3.8, 4) is 11.5 Å².